The first-order valence-corrected chi connectivity index (χ1v) is 11.4. The van der Waals surface area contributed by atoms with E-state index < -0.39 is 10.0 Å². The summed E-state index contributed by atoms with van der Waals surface area (Å²) < 4.78 is 31.9. The summed E-state index contributed by atoms with van der Waals surface area (Å²) in [5.74, 6) is -0.501. The van der Waals surface area contributed by atoms with Gasteiger partial charge in [-0.1, -0.05) is 12.1 Å². The average molecular weight is 438 g/mol. The summed E-state index contributed by atoms with van der Waals surface area (Å²) >= 11 is 0. The molecule has 164 valence electrons. The van der Waals surface area contributed by atoms with Crippen molar-refractivity contribution in [1.29, 1.82) is 0 Å². The van der Waals surface area contributed by atoms with Crippen LogP contribution in [0.3, 0.4) is 0 Å². The number of likely N-dealkylation sites (N-methyl/N-ethyl adjacent to an activating group) is 1. The van der Waals surface area contributed by atoms with E-state index in [1.54, 1.807) is 9.80 Å². The van der Waals surface area contributed by atoms with Crippen LogP contribution >= 0.6 is 0 Å². The van der Waals surface area contributed by atoms with Crippen molar-refractivity contribution in [2.75, 3.05) is 46.4 Å². The zero-order chi connectivity index (χ0) is 21.9. The third-order valence-electron chi connectivity index (χ3n) is 5.48. The highest BCUT2D eigenvalue weighted by Gasteiger charge is 2.32. The number of ether oxygens (including phenoxy) is 1. The van der Waals surface area contributed by atoms with Crippen molar-refractivity contribution in [1.82, 2.24) is 14.1 Å². The van der Waals surface area contributed by atoms with E-state index in [1.165, 1.54) is 38.2 Å². The molecule has 0 N–H and O–H groups in total. The van der Waals surface area contributed by atoms with Crippen molar-refractivity contribution in [3.05, 3.63) is 29.8 Å². The molecule has 0 radical (unpaired) electrons. The van der Waals surface area contributed by atoms with Gasteiger partial charge in [0.15, 0.2) is 5.78 Å². The van der Waals surface area contributed by atoms with Crippen LogP contribution in [0.25, 0.3) is 0 Å². The number of Topliss-reactive ketones (excluding diaryl/α,β-unsaturated/α-hetero) is 1. The molecule has 2 aliphatic heterocycles. The van der Waals surface area contributed by atoms with E-state index in [9.17, 15) is 22.8 Å². The number of piperazine rings is 1. The SMILES string of the molecule is CC(=O)c1ccc(S(=O)(=O)N(C)CC(=O)N2CCN(C(=O)C3CCCO3)CC2)cc1. The molecule has 1 aromatic carbocycles. The number of hydrogen-bond acceptors (Lipinski definition) is 6. The number of sulfonamides is 1. The van der Waals surface area contributed by atoms with Crippen LogP contribution in [0.4, 0.5) is 0 Å². The number of hydrogen-bond donors (Lipinski definition) is 0. The van der Waals surface area contributed by atoms with Gasteiger partial charge in [0.1, 0.15) is 6.10 Å². The molecule has 30 heavy (non-hydrogen) atoms. The molecule has 0 spiro atoms. The number of carbonyl (C=O) groups is 3. The quantitative estimate of drug-likeness (QED) is 0.595. The van der Waals surface area contributed by atoms with Gasteiger partial charge in [-0.2, -0.15) is 4.31 Å². The highest BCUT2D eigenvalue weighted by Crippen LogP contribution is 2.18. The van der Waals surface area contributed by atoms with Crippen LogP contribution in [0.1, 0.15) is 30.1 Å². The summed E-state index contributed by atoms with van der Waals surface area (Å²) in [5, 5.41) is 0. The lowest BCUT2D eigenvalue weighted by Gasteiger charge is -2.36. The van der Waals surface area contributed by atoms with E-state index in [4.69, 9.17) is 4.74 Å². The molecule has 1 atom stereocenters. The Bertz CT molecular complexity index is 901. The Balaban J connectivity index is 1.55. The summed E-state index contributed by atoms with van der Waals surface area (Å²) in [4.78, 5) is 39.7. The van der Waals surface area contributed by atoms with E-state index in [-0.39, 0.29) is 35.1 Å². The topological polar surface area (TPSA) is 104 Å². The molecule has 3 rings (SSSR count). The first-order chi connectivity index (χ1) is 14.2. The molecule has 2 amide bonds. The van der Waals surface area contributed by atoms with Gasteiger partial charge in [-0.3, -0.25) is 14.4 Å². The van der Waals surface area contributed by atoms with Crippen LogP contribution in [0, 0.1) is 0 Å². The van der Waals surface area contributed by atoms with E-state index in [2.05, 4.69) is 0 Å². The van der Waals surface area contributed by atoms with Gasteiger partial charge in [0.2, 0.25) is 15.9 Å². The lowest BCUT2D eigenvalue weighted by molar-refractivity contribution is -0.146. The highest BCUT2D eigenvalue weighted by atomic mass is 32.2. The molecule has 0 saturated carbocycles. The highest BCUT2D eigenvalue weighted by molar-refractivity contribution is 7.89. The fraction of sp³-hybridized carbons (Fsp3) is 0.550. The summed E-state index contributed by atoms with van der Waals surface area (Å²) in [6.45, 7) is 3.25. The van der Waals surface area contributed by atoms with Crippen molar-refractivity contribution in [2.45, 2.75) is 30.8 Å². The number of ketones is 1. The zero-order valence-corrected chi connectivity index (χ0v) is 18.1. The standard InChI is InChI=1S/C20H27N3O6S/c1-15(24)16-5-7-17(8-6-16)30(27,28)21(2)14-19(25)22-9-11-23(12-10-22)20(26)18-4-3-13-29-18/h5-8,18H,3-4,9-14H2,1-2H3. The fourth-order valence-electron chi connectivity index (χ4n) is 3.57. The Morgan fingerprint density at radius 2 is 1.67 bits per heavy atom. The van der Waals surface area contributed by atoms with Gasteiger partial charge in [0.05, 0.1) is 11.4 Å². The second-order valence-corrected chi connectivity index (χ2v) is 9.59. The summed E-state index contributed by atoms with van der Waals surface area (Å²) in [6.07, 6.45) is 1.24. The molecular formula is C20H27N3O6S. The maximum Gasteiger partial charge on any atom is 0.251 e. The summed E-state index contributed by atoms with van der Waals surface area (Å²) in [6, 6.07) is 5.63. The van der Waals surface area contributed by atoms with Gasteiger partial charge in [-0.15, -0.1) is 0 Å². The second kappa shape index (κ2) is 9.23. The molecule has 2 heterocycles. The van der Waals surface area contributed by atoms with E-state index in [0.717, 1.165) is 17.1 Å². The number of amides is 2. The monoisotopic (exact) mass is 437 g/mol. The molecule has 0 bridgehead atoms. The molecule has 0 aliphatic carbocycles. The molecule has 0 aromatic heterocycles. The number of nitrogens with zero attached hydrogens (tertiary/aromatic N) is 3. The molecule has 1 aromatic rings. The maximum absolute atomic E-state index is 12.7. The van der Waals surface area contributed by atoms with Gasteiger partial charge < -0.3 is 14.5 Å². The lowest BCUT2D eigenvalue weighted by Crippen LogP contribution is -2.54. The minimum absolute atomic E-state index is 0.0229. The van der Waals surface area contributed by atoms with Gasteiger partial charge >= 0.3 is 0 Å². The fourth-order valence-corrected chi connectivity index (χ4v) is 4.69. The predicted molar refractivity (Wildman–Crippen MR) is 108 cm³/mol. The summed E-state index contributed by atoms with van der Waals surface area (Å²) in [7, 11) is -2.51. The van der Waals surface area contributed by atoms with Gasteiger partial charge in [-0.05, 0) is 31.9 Å². The van der Waals surface area contributed by atoms with Crippen molar-refractivity contribution < 1.29 is 27.5 Å². The Morgan fingerprint density at radius 3 is 2.20 bits per heavy atom. The Labute approximate surface area is 176 Å². The summed E-state index contributed by atoms with van der Waals surface area (Å²) in [5.41, 5.74) is 0.420. The van der Waals surface area contributed by atoms with Crippen molar-refractivity contribution >= 4 is 27.6 Å². The van der Waals surface area contributed by atoms with Crippen LogP contribution < -0.4 is 0 Å². The lowest BCUT2D eigenvalue weighted by atomic mass is 10.2. The first kappa shape index (κ1) is 22.4. The van der Waals surface area contributed by atoms with Crippen LogP contribution in [0.5, 0.6) is 0 Å². The Hall–Kier alpha value is -2.30. The Morgan fingerprint density at radius 1 is 1.07 bits per heavy atom. The van der Waals surface area contributed by atoms with Gasteiger partial charge in [0.25, 0.3) is 5.91 Å². The normalized spacial score (nSPS) is 19.9. The average Bonchev–Trinajstić information content (AvgIpc) is 3.28. The Kier molecular flexibility index (Phi) is 6.89. The van der Waals surface area contributed by atoms with E-state index in [0.29, 0.717) is 38.3 Å². The van der Waals surface area contributed by atoms with Crippen LogP contribution in [0.2, 0.25) is 0 Å². The van der Waals surface area contributed by atoms with E-state index in [1.807, 2.05) is 0 Å². The molecule has 10 heteroatoms. The predicted octanol–water partition coefficient (Wildman–Crippen LogP) is 0.360. The third-order valence-corrected chi connectivity index (χ3v) is 7.29. The van der Waals surface area contributed by atoms with Gasteiger partial charge in [-0.25, -0.2) is 8.42 Å². The van der Waals surface area contributed by atoms with Crippen LogP contribution in [-0.4, -0.2) is 92.6 Å². The molecule has 2 aliphatic rings. The van der Waals surface area contributed by atoms with Gasteiger partial charge in [0, 0.05) is 45.4 Å². The third kappa shape index (κ3) is 4.88. The largest absolute Gasteiger partial charge is 0.368 e. The first-order valence-electron chi connectivity index (χ1n) is 9.95. The second-order valence-electron chi connectivity index (χ2n) is 7.55. The molecule has 9 nitrogen and oxygen atoms in total. The smallest absolute Gasteiger partial charge is 0.251 e. The molecule has 2 saturated heterocycles. The van der Waals surface area contributed by atoms with Crippen molar-refractivity contribution in [3.8, 4) is 0 Å². The zero-order valence-electron chi connectivity index (χ0n) is 17.2. The van der Waals surface area contributed by atoms with Crippen LogP contribution in [0.15, 0.2) is 29.2 Å². The van der Waals surface area contributed by atoms with E-state index >= 15 is 0 Å². The molecule has 1 unspecified atom stereocenters. The maximum atomic E-state index is 12.7. The number of carbonyl (C=O) groups excluding carboxylic acids is 3. The van der Waals surface area contributed by atoms with Crippen molar-refractivity contribution in [2.24, 2.45) is 0 Å². The minimum atomic E-state index is -3.86. The van der Waals surface area contributed by atoms with Crippen molar-refractivity contribution in [3.63, 3.8) is 0 Å². The molecular weight excluding hydrogens is 410 g/mol. The van der Waals surface area contributed by atoms with Crippen LogP contribution in [-0.2, 0) is 24.3 Å². The number of rotatable bonds is 6. The molecule has 2 fully saturated rings. The number of benzene rings is 1. The minimum Gasteiger partial charge on any atom is -0.368 e.